The van der Waals surface area contributed by atoms with E-state index in [4.69, 9.17) is 4.74 Å². The van der Waals surface area contributed by atoms with Crippen molar-refractivity contribution in [3.05, 3.63) is 30.3 Å². The molecule has 0 spiro atoms. The van der Waals surface area contributed by atoms with Crippen LogP contribution < -0.4 is 20.1 Å². The molecule has 1 rings (SSSR count). The van der Waals surface area contributed by atoms with E-state index in [0.717, 1.165) is 12.3 Å². The lowest BCUT2D eigenvalue weighted by Gasteiger charge is -2.12. The van der Waals surface area contributed by atoms with Gasteiger partial charge in [-0.2, -0.15) is 0 Å². The molecule has 7 nitrogen and oxygen atoms in total. The first-order valence-electron chi connectivity index (χ1n) is 7.74. The average molecular weight is 342 g/mol. The van der Waals surface area contributed by atoms with Crippen molar-refractivity contribution in [1.29, 1.82) is 0 Å². The lowest BCUT2D eigenvalue weighted by atomic mass is 10.3. The van der Waals surface area contributed by atoms with Gasteiger partial charge in [-0.15, -0.1) is 0 Å². The zero-order valence-corrected chi connectivity index (χ0v) is 14.5. The SMILES string of the molecule is CCNC(=NCCNS(=O)(=O)CC)NCCOc1ccccc1. The van der Waals surface area contributed by atoms with Gasteiger partial charge >= 0.3 is 0 Å². The molecule has 0 aromatic heterocycles. The van der Waals surface area contributed by atoms with Gasteiger partial charge in [-0.05, 0) is 26.0 Å². The molecular formula is C15H26N4O3S. The molecule has 0 unspecified atom stereocenters. The van der Waals surface area contributed by atoms with E-state index in [1.54, 1.807) is 6.92 Å². The number of hydrogen-bond acceptors (Lipinski definition) is 4. The zero-order valence-electron chi connectivity index (χ0n) is 13.7. The van der Waals surface area contributed by atoms with Gasteiger partial charge in [0.2, 0.25) is 10.0 Å². The van der Waals surface area contributed by atoms with Gasteiger partial charge in [0.25, 0.3) is 0 Å². The molecule has 0 aliphatic rings. The van der Waals surface area contributed by atoms with E-state index >= 15 is 0 Å². The van der Waals surface area contributed by atoms with Gasteiger partial charge in [-0.3, -0.25) is 4.99 Å². The van der Waals surface area contributed by atoms with Gasteiger partial charge in [0.15, 0.2) is 5.96 Å². The number of hydrogen-bond donors (Lipinski definition) is 3. The van der Waals surface area contributed by atoms with E-state index < -0.39 is 10.0 Å². The zero-order chi connectivity index (χ0) is 17.0. The van der Waals surface area contributed by atoms with E-state index in [-0.39, 0.29) is 12.3 Å². The minimum absolute atomic E-state index is 0.0753. The molecule has 0 saturated heterocycles. The van der Waals surface area contributed by atoms with Crippen molar-refractivity contribution in [2.24, 2.45) is 4.99 Å². The fourth-order valence-corrected chi connectivity index (χ4v) is 2.27. The summed E-state index contributed by atoms with van der Waals surface area (Å²) in [7, 11) is -3.16. The highest BCUT2D eigenvalue weighted by molar-refractivity contribution is 7.89. The number of ether oxygens (including phenoxy) is 1. The topological polar surface area (TPSA) is 91.8 Å². The molecule has 0 aliphatic carbocycles. The van der Waals surface area contributed by atoms with Crippen molar-refractivity contribution in [3.63, 3.8) is 0 Å². The molecule has 0 atom stereocenters. The smallest absolute Gasteiger partial charge is 0.211 e. The number of guanidine groups is 1. The van der Waals surface area contributed by atoms with Crippen LogP contribution in [0.1, 0.15) is 13.8 Å². The highest BCUT2D eigenvalue weighted by atomic mass is 32.2. The van der Waals surface area contributed by atoms with Crippen LogP contribution in [0.3, 0.4) is 0 Å². The molecule has 8 heteroatoms. The van der Waals surface area contributed by atoms with Crippen molar-refractivity contribution >= 4 is 16.0 Å². The minimum atomic E-state index is -3.16. The molecule has 130 valence electrons. The van der Waals surface area contributed by atoms with E-state index in [0.29, 0.717) is 25.7 Å². The van der Waals surface area contributed by atoms with Crippen molar-refractivity contribution in [3.8, 4) is 5.75 Å². The number of nitrogens with one attached hydrogen (secondary N) is 3. The second kappa shape index (κ2) is 10.8. The Bertz CT molecular complexity index is 561. The Hall–Kier alpha value is -1.80. The van der Waals surface area contributed by atoms with E-state index in [1.807, 2.05) is 37.3 Å². The summed E-state index contributed by atoms with van der Waals surface area (Å²) in [6, 6.07) is 9.59. The van der Waals surface area contributed by atoms with Crippen LogP contribution in [0.5, 0.6) is 5.75 Å². The predicted molar refractivity (Wildman–Crippen MR) is 93.4 cm³/mol. The fraction of sp³-hybridized carbons (Fsp3) is 0.533. The van der Waals surface area contributed by atoms with Gasteiger partial charge < -0.3 is 15.4 Å². The number of benzene rings is 1. The molecule has 1 aromatic carbocycles. The molecule has 0 amide bonds. The van der Waals surface area contributed by atoms with Crippen LogP contribution in [0.25, 0.3) is 0 Å². The second-order valence-electron chi connectivity index (χ2n) is 4.65. The quantitative estimate of drug-likeness (QED) is 0.328. The normalized spacial score (nSPS) is 12.0. The third-order valence-corrected chi connectivity index (χ3v) is 4.24. The Morgan fingerprint density at radius 2 is 1.87 bits per heavy atom. The monoisotopic (exact) mass is 342 g/mol. The maximum atomic E-state index is 11.3. The van der Waals surface area contributed by atoms with Crippen LogP contribution in [0.4, 0.5) is 0 Å². The number of aliphatic imine (C=N–C) groups is 1. The first-order chi connectivity index (χ1) is 11.1. The molecule has 0 saturated carbocycles. The number of rotatable bonds is 10. The Kier molecular flexibility index (Phi) is 9.08. The summed E-state index contributed by atoms with van der Waals surface area (Å²) >= 11 is 0. The summed E-state index contributed by atoms with van der Waals surface area (Å²) in [5, 5.41) is 6.24. The van der Waals surface area contributed by atoms with Crippen molar-refractivity contribution in [1.82, 2.24) is 15.4 Å². The predicted octanol–water partition coefficient (Wildman–Crippen LogP) is 0.560. The van der Waals surface area contributed by atoms with Gasteiger partial charge in [-0.1, -0.05) is 18.2 Å². The second-order valence-corrected chi connectivity index (χ2v) is 6.74. The van der Waals surface area contributed by atoms with Crippen LogP contribution in [-0.4, -0.2) is 52.9 Å². The van der Waals surface area contributed by atoms with Crippen LogP contribution in [0, 0.1) is 0 Å². The van der Waals surface area contributed by atoms with E-state index in [9.17, 15) is 8.42 Å². The number of para-hydroxylation sites is 1. The van der Waals surface area contributed by atoms with E-state index in [1.165, 1.54) is 0 Å². The Morgan fingerprint density at radius 3 is 2.52 bits per heavy atom. The van der Waals surface area contributed by atoms with Crippen molar-refractivity contribution < 1.29 is 13.2 Å². The van der Waals surface area contributed by atoms with Crippen LogP contribution in [0.2, 0.25) is 0 Å². The van der Waals surface area contributed by atoms with E-state index in [2.05, 4.69) is 20.3 Å². The molecule has 0 fully saturated rings. The van der Waals surface area contributed by atoms with Crippen molar-refractivity contribution in [2.75, 3.05) is 38.5 Å². The molecule has 0 radical (unpaired) electrons. The third kappa shape index (κ3) is 9.04. The van der Waals surface area contributed by atoms with Gasteiger partial charge in [0, 0.05) is 13.1 Å². The molecular weight excluding hydrogens is 316 g/mol. The summed E-state index contributed by atoms with van der Waals surface area (Å²) in [6.07, 6.45) is 0. The minimum Gasteiger partial charge on any atom is -0.492 e. The maximum Gasteiger partial charge on any atom is 0.211 e. The summed E-state index contributed by atoms with van der Waals surface area (Å²) < 4.78 is 30.7. The standard InChI is InChI=1S/C15H26N4O3S/c1-3-16-15(17-10-11-19-23(20,21)4-2)18-12-13-22-14-8-6-5-7-9-14/h5-9,19H,3-4,10-13H2,1-2H3,(H2,16,17,18). The first-order valence-corrected chi connectivity index (χ1v) is 9.40. The Balaban J connectivity index is 2.29. The van der Waals surface area contributed by atoms with Crippen molar-refractivity contribution in [2.45, 2.75) is 13.8 Å². The highest BCUT2D eigenvalue weighted by Gasteiger charge is 2.04. The van der Waals surface area contributed by atoms with Gasteiger partial charge in [0.05, 0.1) is 18.8 Å². The number of sulfonamides is 1. The maximum absolute atomic E-state index is 11.3. The molecule has 3 N–H and O–H groups in total. The van der Waals surface area contributed by atoms with Crippen LogP contribution in [-0.2, 0) is 10.0 Å². The summed E-state index contributed by atoms with van der Waals surface area (Å²) in [4.78, 5) is 4.31. The molecule has 0 heterocycles. The van der Waals surface area contributed by atoms with Crippen LogP contribution >= 0.6 is 0 Å². The number of nitrogens with zero attached hydrogens (tertiary/aromatic N) is 1. The lowest BCUT2D eigenvalue weighted by Crippen LogP contribution is -2.40. The Morgan fingerprint density at radius 1 is 1.13 bits per heavy atom. The third-order valence-electron chi connectivity index (χ3n) is 2.83. The molecule has 23 heavy (non-hydrogen) atoms. The van der Waals surface area contributed by atoms with Gasteiger partial charge in [0.1, 0.15) is 12.4 Å². The lowest BCUT2D eigenvalue weighted by molar-refractivity contribution is 0.322. The Labute approximate surface area is 138 Å². The summed E-state index contributed by atoms with van der Waals surface area (Å²) in [5.41, 5.74) is 0. The molecule has 1 aromatic rings. The highest BCUT2D eigenvalue weighted by Crippen LogP contribution is 2.07. The largest absolute Gasteiger partial charge is 0.492 e. The van der Waals surface area contributed by atoms with Gasteiger partial charge in [-0.25, -0.2) is 13.1 Å². The molecule has 0 bridgehead atoms. The average Bonchev–Trinajstić information content (AvgIpc) is 2.56. The molecule has 0 aliphatic heterocycles. The van der Waals surface area contributed by atoms with Crippen LogP contribution in [0.15, 0.2) is 35.3 Å². The summed E-state index contributed by atoms with van der Waals surface area (Å²) in [6.45, 7) is 6.06. The fourth-order valence-electron chi connectivity index (χ4n) is 1.67. The summed E-state index contributed by atoms with van der Waals surface area (Å²) in [5.74, 6) is 1.54. The first kappa shape index (κ1) is 19.2.